The number of rotatable bonds is 2. The molecule has 2 aromatic rings. The van der Waals surface area contributed by atoms with E-state index < -0.39 is 6.09 Å². The van der Waals surface area contributed by atoms with Crippen molar-refractivity contribution in [2.45, 2.75) is 13.3 Å². The van der Waals surface area contributed by atoms with Gasteiger partial charge in [0, 0.05) is 5.39 Å². The van der Waals surface area contributed by atoms with Crippen LogP contribution in [0.4, 0.5) is 4.79 Å². The summed E-state index contributed by atoms with van der Waals surface area (Å²) < 4.78 is 6.29. The molecule has 0 spiro atoms. The molecule has 4 nitrogen and oxygen atoms in total. The highest BCUT2D eigenvalue weighted by molar-refractivity contribution is 5.87. The molecule has 1 heterocycles. The van der Waals surface area contributed by atoms with Crippen LogP contribution in [0.25, 0.3) is 10.9 Å². The van der Waals surface area contributed by atoms with Crippen molar-refractivity contribution in [3.05, 3.63) is 30.5 Å². The van der Waals surface area contributed by atoms with Gasteiger partial charge in [-0.1, -0.05) is 25.1 Å². The first-order valence-electron chi connectivity index (χ1n) is 4.93. The van der Waals surface area contributed by atoms with Crippen LogP contribution in [-0.4, -0.2) is 22.5 Å². The van der Waals surface area contributed by atoms with E-state index in [-0.39, 0.29) is 0 Å². The Labute approximate surface area is 87.5 Å². The first-order chi connectivity index (χ1) is 7.33. The van der Waals surface area contributed by atoms with E-state index in [4.69, 9.17) is 4.74 Å². The second kappa shape index (κ2) is 4.13. The fourth-order valence-electron chi connectivity index (χ4n) is 1.37. The maximum Gasteiger partial charge on any atom is 0.435 e. The Kier molecular flexibility index (Phi) is 2.67. The van der Waals surface area contributed by atoms with Crippen LogP contribution in [0.15, 0.2) is 30.5 Å². The van der Waals surface area contributed by atoms with E-state index in [9.17, 15) is 4.79 Å². The van der Waals surface area contributed by atoms with Gasteiger partial charge in [0.15, 0.2) is 0 Å². The molecule has 0 saturated carbocycles. The summed E-state index contributed by atoms with van der Waals surface area (Å²) in [4.78, 5) is 11.6. The highest BCUT2D eigenvalue weighted by Gasteiger charge is 2.10. The van der Waals surface area contributed by atoms with Gasteiger partial charge >= 0.3 is 6.09 Å². The summed E-state index contributed by atoms with van der Waals surface area (Å²) in [6, 6.07) is 7.53. The number of para-hydroxylation sites is 1. The van der Waals surface area contributed by atoms with Gasteiger partial charge in [-0.25, -0.2) is 4.79 Å². The largest absolute Gasteiger partial charge is 0.448 e. The molecule has 0 radical (unpaired) electrons. The van der Waals surface area contributed by atoms with Crippen LogP contribution >= 0.6 is 0 Å². The van der Waals surface area contributed by atoms with Crippen molar-refractivity contribution < 1.29 is 9.53 Å². The number of carbonyl (C=O) groups excluding carboxylic acids is 1. The SMILES string of the molecule is CCCOC(=O)n1ncc2ccccc21. The molecular formula is C11H12N2O2. The highest BCUT2D eigenvalue weighted by atomic mass is 16.6. The van der Waals surface area contributed by atoms with Gasteiger partial charge in [0.2, 0.25) is 0 Å². The molecule has 0 unspecified atom stereocenters. The first-order valence-corrected chi connectivity index (χ1v) is 4.93. The van der Waals surface area contributed by atoms with Crippen LogP contribution < -0.4 is 0 Å². The summed E-state index contributed by atoms with van der Waals surface area (Å²) in [7, 11) is 0. The molecule has 2 rings (SSSR count). The quantitative estimate of drug-likeness (QED) is 0.754. The van der Waals surface area contributed by atoms with Crippen LogP contribution in [0.2, 0.25) is 0 Å². The lowest BCUT2D eigenvalue weighted by Crippen LogP contribution is -2.15. The van der Waals surface area contributed by atoms with Gasteiger partial charge in [0.25, 0.3) is 0 Å². The smallest absolute Gasteiger partial charge is 0.435 e. The topological polar surface area (TPSA) is 44.1 Å². The molecule has 0 amide bonds. The van der Waals surface area contributed by atoms with E-state index in [1.54, 1.807) is 6.20 Å². The zero-order chi connectivity index (χ0) is 10.7. The Morgan fingerprint density at radius 1 is 1.47 bits per heavy atom. The van der Waals surface area contributed by atoms with Crippen molar-refractivity contribution in [3.63, 3.8) is 0 Å². The van der Waals surface area contributed by atoms with Crippen LogP contribution in [0.1, 0.15) is 13.3 Å². The fourth-order valence-corrected chi connectivity index (χ4v) is 1.37. The molecule has 15 heavy (non-hydrogen) atoms. The minimum absolute atomic E-state index is 0.418. The Morgan fingerprint density at radius 2 is 2.27 bits per heavy atom. The molecule has 0 saturated heterocycles. The zero-order valence-corrected chi connectivity index (χ0v) is 8.51. The average molecular weight is 204 g/mol. The summed E-state index contributed by atoms with van der Waals surface area (Å²) in [5.74, 6) is 0. The van der Waals surface area contributed by atoms with Crippen LogP contribution in [0, 0.1) is 0 Å². The van der Waals surface area contributed by atoms with Gasteiger partial charge in [0.1, 0.15) is 0 Å². The van der Waals surface area contributed by atoms with E-state index in [2.05, 4.69) is 5.10 Å². The third kappa shape index (κ3) is 1.83. The number of aromatic nitrogens is 2. The van der Waals surface area contributed by atoms with Gasteiger partial charge in [-0.2, -0.15) is 9.78 Å². The molecule has 0 atom stereocenters. The number of hydrogen-bond acceptors (Lipinski definition) is 3. The molecule has 0 aliphatic heterocycles. The maximum atomic E-state index is 11.6. The molecule has 78 valence electrons. The first kappa shape index (κ1) is 9.71. The van der Waals surface area contributed by atoms with E-state index in [0.29, 0.717) is 6.61 Å². The normalized spacial score (nSPS) is 10.5. The number of fused-ring (bicyclic) bond motifs is 1. The lowest BCUT2D eigenvalue weighted by atomic mass is 10.3. The third-order valence-corrected chi connectivity index (χ3v) is 2.08. The second-order valence-corrected chi connectivity index (χ2v) is 3.23. The van der Waals surface area contributed by atoms with E-state index >= 15 is 0 Å². The lowest BCUT2D eigenvalue weighted by Gasteiger charge is -2.02. The Balaban J connectivity index is 2.31. The highest BCUT2D eigenvalue weighted by Crippen LogP contribution is 2.12. The molecule has 0 fully saturated rings. The number of hydrogen-bond donors (Lipinski definition) is 0. The molecule has 1 aromatic carbocycles. The number of nitrogens with zero attached hydrogens (tertiary/aromatic N) is 2. The maximum absolute atomic E-state index is 11.6. The lowest BCUT2D eigenvalue weighted by molar-refractivity contribution is 0.145. The minimum atomic E-state index is -0.418. The summed E-state index contributed by atoms with van der Waals surface area (Å²) >= 11 is 0. The number of benzene rings is 1. The number of ether oxygens (including phenoxy) is 1. The standard InChI is InChI=1S/C11H12N2O2/c1-2-7-15-11(14)13-10-6-4-3-5-9(10)8-12-13/h3-6,8H,2,7H2,1H3. The average Bonchev–Trinajstić information content (AvgIpc) is 2.69. The number of carbonyl (C=O) groups is 1. The van der Waals surface area contributed by atoms with E-state index in [0.717, 1.165) is 17.3 Å². The van der Waals surface area contributed by atoms with Gasteiger partial charge < -0.3 is 4.74 Å². The van der Waals surface area contributed by atoms with Crippen molar-refractivity contribution in [2.24, 2.45) is 0 Å². The van der Waals surface area contributed by atoms with Gasteiger partial charge in [0.05, 0.1) is 18.3 Å². The summed E-state index contributed by atoms with van der Waals surface area (Å²) in [5.41, 5.74) is 0.776. The van der Waals surface area contributed by atoms with Crippen LogP contribution in [-0.2, 0) is 4.74 Å². The molecule has 0 bridgehead atoms. The Bertz CT molecular complexity index is 476. The van der Waals surface area contributed by atoms with Crippen molar-refractivity contribution in [3.8, 4) is 0 Å². The summed E-state index contributed by atoms with van der Waals surface area (Å²) in [6.07, 6.45) is 2.05. The molecule has 4 heteroatoms. The predicted octanol–water partition coefficient (Wildman–Crippen LogP) is 2.43. The van der Waals surface area contributed by atoms with Crippen molar-refractivity contribution in [2.75, 3.05) is 6.61 Å². The van der Waals surface area contributed by atoms with Crippen LogP contribution in [0.5, 0.6) is 0 Å². The van der Waals surface area contributed by atoms with Crippen molar-refractivity contribution >= 4 is 17.0 Å². The van der Waals surface area contributed by atoms with Gasteiger partial charge in [-0.3, -0.25) is 0 Å². The molecule has 0 aliphatic rings. The third-order valence-electron chi connectivity index (χ3n) is 2.08. The zero-order valence-electron chi connectivity index (χ0n) is 8.51. The monoisotopic (exact) mass is 204 g/mol. The van der Waals surface area contributed by atoms with Crippen molar-refractivity contribution in [1.82, 2.24) is 9.78 Å². The van der Waals surface area contributed by atoms with Crippen molar-refractivity contribution in [1.29, 1.82) is 0 Å². The van der Waals surface area contributed by atoms with Crippen LogP contribution in [0.3, 0.4) is 0 Å². The molecule has 0 N–H and O–H groups in total. The Morgan fingerprint density at radius 3 is 3.07 bits per heavy atom. The van der Waals surface area contributed by atoms with Gasteiger partial charge in [-0.05, 0) is 12.5 Å². The minimum Gasteiger partial charge on any atom is -0.448 e. The molecule has 1 aromatic heterocycles. The fraction of sp³-hybridized carbons (Fsp3) is 0.273. The van der Waals surface area contributed by atoms with Gasteiger partial charge in [-0.15, -0.1) is 0 Å². The second-order valence-electron chi connectivity index (χ2n) is 3.23. The Hall–Kier alpha value is -1.84. The molecule has 0 aliphatic carbocycles. The van der Waals surface area contributed by atoms with E-state index in [1.165, 1.54) is 4.68 Å². The molecular weight excluding hydrogens is 192 g/mol. The predicted molar refractivity (Wildman–Crippen MR) is 56.8 cm³/mol. The van der Waals surface area contributed by atoms with E-state index in [1.807, 2.05) is 31.2 Å². The summed E-state index contributed by atoms with van der Waals surface area (Å²) in [6.45, 7) is 2.38. The summed E-state index contributed by atoms with van der Waals surface area (Å²) in [5, 5.41) is 4.93.